The summed E-state index contributed by atoms with van der Waals surface area (Å²) in [6.45, 7) is 4.66. The fraction of sp³-hybridized carbons (Fsp3) is 0.0526. The quantitative estimate of drug-likeness (QED) is 0.211. The van der Waals surface area contributed by atoms with E-state index in [0.717, 1.165) is 34.0 Å². The Morgan fingerprint density at radius 2 is 1.00 bits per heavy atom. The number of rotatable bonds is 1. The highest BCUT2D eigenvalue weighted by Gasteiger charge is 2.41. The van der Waals surface area contributed by atoms with Gasteiger partial charge in [-0.3, -0.25) is 0 Å². The molecule has 6 aromatic carbocycles. The maximum atomic E-state index is 6.66. The molecule has 6 heteroatoms. The van der Waals surface area contributed by atoms with Gasteiger partial charge in [0.25, 0.3) is 6.71 Å². The van der Waals surface area contributed by atoms with E-state index in [1.807, 2.05) is 29.6 Å². The van der Waals surface area contributed by atoms with Crippen LogP contribution in [0.3, 0.4) is 0 Å². The van der Waals surface area contributed by atoms with Crippen molar-refractivity contribution in [2.24, 2.45) is 0 Å². The molecule has 0 saturated carbocycles. The lowest BCUT2D eigenvalue weighted by Gasteiger charge is -2.34. The molecule has 0 amide bonds. The van der Waals surface area contributed by atoms with Crippen molar-refractivity contribution >= 4 is 69.7 Å². The van der Waals surface area contributed by atoms with Crippen molar-refractivity contribution in [3.8, 4) is 34.1 Å². The van der Waals surface area contributed by atoms with Crippen LogP contribution in [0.1, 0.15) is 11.1 Å². The molecule has 0 radical (unpaired) electrons. The van der Waals surface area contributed by atoms with Gasteiger partial charge in [-0.05, 0) is 101 Å². The summed E-state index contributed by atoms with van der Waals surface area (Å²) in [5.41, 5.74) is 12.6. The van der Waals surface area contributed by atoms with Crippen molar-refractivity contribution in [1.82, 2.24) is 0 Å². The Kier molecular flexibility index (Phi) is 5.21. The topological polar surface area (TPSA) is 18.5 Å². The van der Waals surface area contributed by atoms with Gasteiger partial charge in [-0.2, -0.15) is 0 Å². The molecule has 4 heterocycles. The minimum atomic E-state index is 0.0839. The van der Waals surface area contributed by atoms with Crippen molar-refractivity contribution in [2.75, 3.05) is 0 Å². The standard InChI is InChI=1S/C38H24B2O2S2/c1-21-15-31-37-32(16-21)42-30-19-23(11-13-26(30)39(37)25-7-3-5-9-29(25)41-31)24-12-14-28-34(20-24)44-36-18-22(2)17-35-38(36)40(28)27-8-4-6-10-33(27)43-35/h3-20H,1-2H3. The first-order valence-corrected chi connectivity index (χ1v) is 16.7. The number of fused-ring (bicyclic) bond motifs is 8. The van der Waals surface area contributed by atoms with Gasteiger partial charge in [0.05, 0.1) is 0 Å². The van der Waals surface area contributed by atoms with Crippen LogP contribution in [0.2, 0.25) is 0 Å². The van der Waals surface area contributed by atoms with Crippen LogP contribution in [0.25, 0.3) is 11.1 Å². The van der Waals surface area contributed by atoms with Gasteiger partial charge in [0.2, 0.25) is 6.71 Å². The summed E-state index contributed by atoms with van der Waals surface area (Å²) in [5, 5.41) is 0. The molecule has 10 rings (SSSR count). The van der Waals surface area contributed by atoms with E-state index in [9.17, 15) is 0 Å². The average Bonchev–Trinajstić information content (AvgIpc) is 3.03. The lowest BCUT2D eigenvalue weighted by atomic mass is 9.35. The van der Waals surface area contributed by atoms with Crippen LogP contribution in [0.15, 0.2) is 129 Å². The van der Waals surface area contributed by atoms with Crippen LogP contribution >= 0.6 is 23.5 Å². The summed E-state index contributed by atoms with van der Waals surface area (Å²) >= 11 is 3.83. The van der Waals surface area contributed by atoms with Crippen LogP contribution in [0, 0.1) is 13.8 Å². The van der Waals surface area contributed by atoms with Crippen molar-refractivity contribution < 1.29 is 9.47 Å². The second-order valence-corrected chi connectivity index (χ2v) is 14.4. The molecule has 6 aromatic rings. The molecule has 0 aliphatic carbocycles. The second kappa shape index (κ2) is 9.13. The van der Waals surface area contributed by atoms with Gasteiger partial charge in [0.1, 0.15) is 23.0 Å². The molecule has 0 spiro atoms. The van der Waals surface area contributed by atoms with E-state index < -0.39 is 0 Å². The monoisotopic (exact) mass is 598 g/mol. The molecular formula is C38H24B2O2S2. The van der Waals surface area contributed by atoms with Crippen molar-refractivity contribution in [2.45, 2.75) is 33.4 Å². The number of aryl methyl sites for hydroxylation is 2. The Labute approximate surface area is 266 Å². The van der Waals surface area contributed by atoms with Gasteiger partial charge in [-0.1, -0.05) is 95.1 Å². The highest BCUT2D eigenvalue weighted by molar-refractivity contribution is 8.01. The first-order valence-electron chi connectivity index (χ1n) is 15.1. The Bertz CT molecular complexity index is 2090. The van der Waals surface area contributed by atoms with Gasteiger partial charge >= 0.3 is 0 Å². The summed E-state index contributed by atoms with van der Waals surface area (Å²) < 4.78 is 13.0. The molecule has 0 unspecified atom stereocenters. The number of para-hydroxylation sites is 1. The van der Waals surface area contributed by atoms with E-state index in [0.29, 0.717) is 0 Å². The van der Waals surface area contributed by atoms with E-state index >= 15 is 0 Å². The van der Waals surface area contributed by atoms with Gasteiger partial charge < -0.3 is 9.47 Å². The Balaban J connectivity index is 1.10. The number of ether oxygens (including phenoxy) is 2. The number of hydrogen-bond acceptors (Lipinski definition) is 4. The summed E-state index contributed by atoms with van der Waals surface area (Å²) in [5.74, 6) is 3.63. The predicted molar refractivity (Wildman–Crippen MR) is 185 cm³/mol. The molecule has 44 heavy (non-hydrogen) atoms. The normalized spacial score (nSPS) is 14.2. The van der Waals surface area contributed by atoms with E-state index in [1.165, 1.54) is 63.6 Å². The Hall–Kier alpha value is -4.25. The largest absolute Gasteiger partial charge is 0.458 e. The molecule has 4 aliphatic heterocycles. The van der Waals surface area contributed by atoms with E-state index in [-0.39, 0.29) is 13.4 Å². The zero-order valence-electron chi connectivity index (χ0n) is 24.2. The molecular weight excluding hydrogens is 574 g/mol. The summed E-state index contributed by atoms with van der Waals surface area (Å²) in [7, 11) is 0. The summed E-state index contributed by atoms with van der Waals surface area (Å²) in [6, 6.07) is 40.1. The third kappa shape index (κ3) is 3.56. The van der Waals surface area contributed by atoms with Crippen molar-refractivity contribution in [3.63, 3.8) is 0 Å². The lowest BCUT2D eigenvalue weighted by molar-refractivity contribution is 0.464. The lowest BCUT2D eigenvalue weighted by Crippen LogP contribution is -2.58. The van der Waals surface area contributed by atoms with Gasteiger partial charge in [-0.25, -0.2) is 0 Å². The van der Waals surface area contributed by atoms with E-state index in [4.69, 9.17) is 9.47 Å². The molecule has 4 aliphatic rings. The second-order valence-electron chi connectivity index (χ2n) is 12.2. The van der Waals surface area contributed by atoms with Gasteiger partial charge in [-0.15, -0.1) is 0 Å². The first-order chi connectivity index (χ1) is 21.6. The minimum absolute atomic E-state index is 0.0839. The highest BCUT2D eigenvalue weighted by Crippen LogP contribution is 2.41. The first kappa shape index (κ1) is 25.1. The highest BCUT2D eigenvalue weighted by atomic mass is 32.2. The van der Waals surface area contributed by atoms with Crippen molar-refractivity contribution in [1.29, 1.82) is 0 Å². The van der Waals surface area contributed by atoms with E-state index in [1.54, 1.807) is 0 Å². The third-order valence-corrected chi connectivity index (χ3v) is 11.7. The smallest absolute Gasteiger partial charge is 0.260 e. The predicted octanol–water partition coefficient (Wildman–Crippen LogP) is 6.14. The Morgan fingerprint density at radius 1 is 0.432 bits per heavy atom. The van der Waals surface area contributed by atoms with Crippen LogP contribution in [-0.2, 0) is 0 Å². The molecule has 206 valence electrons. The maximum absolute atomic E-state index is 6.66. The molecule has 0 N–H and O–H groups in total. The molecule has 0 saturated heterocycles. The van der Waals surface area contributed by atoms with Crippen LogP contribution in [-0.4, -0.2) is 13.4 Å². The van der Waals surface area contributed by atoms with Gasteiger partial charge in [0.15, 0.2) is 0 Å². The zero-order valence-corrected chi connectivity index (χ0v) is 25.8. The van der Waals surface area contributed by atoms with E-state index in [2.05, 4.69) is 117 Å². The fourth-order valence-corrected chi connectivity index (χ4v) is 10.2. The molecule has 0 fully saturated rings. The third-order valence-electron chi connectivity index (χ3n) is 9.40. The molecule has 0 aromatic heterocycles. The average molecular weight is 598 g/mol. The summed E-state index contributed by atoms with van der Waals surface area (Å²) in [4.78, 5) is 5.47. The molecule has 0 bridgehead atoms. The van der Waals surface area contributed by atoms with Crippen LogP contribution < -0.4 is 42.3 Å². The van der Waals surface area contributed by atoms with Gasteiger partial charge in [0, 0.05) is 25.0 Å². The SMILES string of the molecule is Cc1cc2c3c(c1)Oc1cc(-c4ccc5c(c4)Sc4cc(C)cc6c4B5c4ccccc4S6)ccc1B3c1ccccc1O2. The Morgan fingerprint density at radius 3 is 1.82 bits per heavy atom. The summed E-state index contributed by atoms with van der Waals surface area (Å²) in [6.07, 6.45) is 0. The molecule has 0 atom stereocenters. The molecule has 2 nitrogen and oxygen atoms in total. The van der Waals surface area contributed by atoms with Crippen molar-refractivity contribution in [3.05, 3.63) is 120 Å². The number of hydrogen-bond donors (Lipinski definition) is 0. The minimum Gasteiger partial charge on any atom is -0.458 e. The van der Waals surface area contributed by atoms with Crippen LogP contribution in [0.4, 0.5) is 0 Å². The zero-order chi connectivity index (χ0) is 29.1. The van der Waals surface area contributed by atoms with Crippen LogP contribution in [0.5, 0.6) is 23.0 Å². The maximum Gasteiger partial charge on any atom is 0.260 e. The fourth-order valence-electron chi connectivity index (χ4n) is 7.51. The number of benzene rings is 6.